The summed E-state index contributed by atoms with van der Waals surface area (Å²) < 4.78 is 7.90. The number of rotatable bonds is 7. The fourth-order valence-electron chi connectivity index (χ4n) is 2.80. The van der Waals surface area contributed by atoms with Crippen molar-refractivity contribution in [3.8, 4) is 0 Å². The van der Waals surface area contributed by atoms with E-state index in [4.69, 9.17) is 4.74 Å². The van der Waals surface area contributed by atoms with Crippen molar-refractivity contribution in [1.29, 1.82) is 0 Å². The van der Waals surface area contributed by atoms with Crippen LogP contribution in [0.25, 0.3) is 0 Å². The van der Waals surface area contributed by atoms with Crippen molar-refractivity contribution in [2.75, 3.05) is 45.3 Å². The van der Waals surface area contributed by atoms with Crippen LogP contribution in [0, 0.1) is 0 Å². The van der Waals surface area contributed by atoms with Gasteiger partial charge in [-0.1, -0.05) is 16.6 Å². The van der Waals surface area contributed by atoms with E-state index in [1.54, 1.807) is 16.8 Å². The minimum absolute atomic E-state index is 0.250. The number of hydrogen-bond donors (Lipinski definition) is 0. The highest BCUT2D eigenvalue weighted by Crippen LogP contribution is 2.31. The van der Waals surface area contributed by atoms with Gasteiger partial charge in [-0.25, -0.2) is 4.68 Å². The molecule has 2 aromatic heterocycles. The van der Waals surface area contributed by atoms with E-state index in [0.717, 1.165) is 43.6 Å². The number of hydrogen-bond acceptors (Lipinski definition) is 8. The van der Waals surface area contributed by atoms with Gasteiger partial charge in [-0.05, 0) is 21.0 Å². The quantitative estimate of drug-likeness (QED) is 0.693. The lowest BCUT2D eigenvalue weighted by Crippen LogP contribution is -2.37. The van der Waals surface area contributed by atoms with Crippen molar-refractivity contribution in [3.05, 3.63) is 16.9 Å². The molecule has 1 atom stereocenters. The summed E-state index contributed by atoms with van der Waals surface area (Å²) in [5, 5.41) is 17.7. The van der Waals surface area contributed by atoms with Gasteiger partial charge in [-0.15, -0.1) is 15.3 Å². The van der Waals surface area contributed by atoms with Crippen LogP contribution in [0.2, 0.25) is 0 Å². The largest absolute Gasteiger partial charge is 0.379 e. The number of likely N-dealkylation sites (N-methyl/N-ethyl adjacent to an activating group) is 1. The molecule has 8 nitrogen and oxygen atoms in total. The van der Waals surface area contributed by atoms with Gasteiger partial charge >= 0.3 is 0 Å². The highest BCUT2D eigenvalue weighted by atomic mass is 32.1. The summed E-state index contributed by atoms with van der Waals surface area (Å²) in [6.45, 7) is 6.83. The average molecular weight is 337 g/mol. The second-order valence-electron chi connectivity index (χ2n) is 5.91. The Kier molecular flexibility index (Phi) is 5.19. The molecule has 0 saturated heterocycles. The smallest absolute Gasteiger partial charge is 0.208 e. The Morgan fingerprint density at radius 2 is 2.26 bits per heavy atom. The van der Waals surface area contributed by atoms with E-state index in [9.17, 15) is 0 Å². The minimum atomic E-state index is 0.250. The van der Waals surface area contributed by atoms with E-state index >= 15 is 0 Å². The number of nitrogens with zero attached hydrogens (tertiary/aromatic N) is 7. The lowest BCUT2D eigenvalue weighted by atomic mass is 9.99. The molecule has 0 bridgehead atoms. The van der Waals surface area contributed by atoms with Gasteiger partial charge in [0.05, 0.1) is 25.5 Å². The molecule has 126 valence electrons. The number of fused-ring (bicyclic) bond motifs is 1. The monoisotopic (exact) mass is 337 g/mol. The van der Waals surface area contributed by atoms with E-state index in [1.165, 1.54) is 5.69 Å². The Morgan fingerprint density at radius 3 is 2.96 bits per heavy atom. The van der Waals surface area contributed by atoms with Gasteiger partial charge in [0.15, 0.2) is 0 Å². The van der Waals surface area contributed by atoms with Crippen LogP contribution in [0.1, 0.15) is 24.2 Å². The van der Waals surface area contributed by atoms with Crippen LogP contribution in [0.4, 0.5) is 5.13 Å². The molecule has 23 heavy (non-hydrogen) atoms. The first-order valence-corrected chi connectivity index (χ1v) is 8.72. The maximum absolute atomic E-state index is 5.91. The highest BCUT2D eigenvalue weighted by Gasteiger charge is 2.31. The van der Waals surface area contributed by atoms with Gasteiger partial charge in [0.1, 0.15) is 11.2 Å². The maximum Gasteiger partial charge on any atom is 0.208 e. The number of aryl methyl sites for hydroxylation is 1. The molecule has 0 N–H and O–H groups in total. The Morgan fingerprint density at radius 1 is 1.39 bits per heavy atom. The average Bonchev–Trinajstić information content (AvgIpc) is 3.19. The van der Waals surface area contributed by atoms with E-state index in [1.807, 2.05) is 4.68 Å². The zero-order valence-corrected chi connectivity index (χ0v) is 14.7. The predicted octanol–water partition coefficient (Wildman–Crippen LogP) is 0.832. The summed E-state index contributed by atoms with van der Waals surface area (Å²) in [4.78, 5) is 4.34. The van der Waals surface area contributed by atoms with Crippen molar-refractivity contribution >= 4 is 16.5 Å². The van der Waals surface area contributed by atoms with Crippen LogP contribution >= 0.6 is 11.3 Å². The normalized spacial score (nSPS) is 17.7. The first-order valence-electron chi connectivity index (χ1n) is 7.84. The topological polar surface area (TPSA) is 72.2 Å². The zero-order valence-electron chi connectivity index (χ0n) is 13.8. The van der Waals surface area contributed by atoms with Crippen molar-refractivity contribution < 1.29 is 4.74 Å². The van der Waals surface area contributed by atoms with Crippen LogP contribution in [0.3, 0.4) is 0 Å². The number of anilines is 1. The second kappa shape index (κ2) is 7.33. The zero-order chi connectivity index (χ0) is 16.2. The molecule has 1 aliphatic rings. The van der Waals surface area contributed by atoms with Crippen molar-refractivity contribution in [1.82, 2.24) is 30.1 Å². The standard InChI is InChI=1S/C14H23N7OS/c1-4-21-13-11(9-22-6-5-19(2)3)7-20(8-12(13)16-18-21)14-17-15-10-23-14/h10-11H,4-9H2,1-3H3. The molecule has 1 aliphatic heterocycles. The van der Waals surface area contributed by atoms with Crippen molar-refractivity contribution in [3.63, 3.8) is 0 Å². The third-order valence-electron chi connectivity index (χ3n) is 3.94. The van der Waals surface area contributed by atoms with Gasteiger partial charge < -0.3 is 14.5 Å². The number of aromatic nitrogens is 5. The Bertz CT molecular complexity index is 613. The van der Waals surface area contributed by atoms with Crippen molar-refractivity contribution in [2.45, 2.75) is 25.9 Å². The predicted molar refractivity (Wildman–Crippen MR) is 88.8 cm³/mol. The van der Waals surface area contributed by atoms with Gasteiger partial charge in [-0.2, -0.15) is 0 Å². The molecule has 0 amide bonds. The molecule has 9 heteroatoms. The van der Waals surface area contributed by atoms with E-state index in [2.05, 4.69) is 51.3 Å². The van der Waals surface area contributed by atoms with Crippen LogP contribution in [0.15, 0.2) is 5.51 Å². The highest BCUT2D eigenvalue weighted by molar-refractivity contribution is 7.13. The fourth-order valence-corrected chi connectivity index (χ4v) is 3.37. The molecule has 0 spiro atoms. The van der Waals surface area contributed by atoms with E-state index < -0.39 is 0 Å². The lowest BCUT2D eigenvalue weighted by molar-refractivity contribution is 0.103. The summed E-state index contributed by atoms with van der Waals surface area (Å²) in [5.74, 6) is 0.250. The summed E-state index contributed by atoms with van der Waals surface area (Å²) in [7, 11) is 4.10. The van der Waals surface area contributed by atoms with Crippen LogP contribution in [0.5, 0.6) is 0 Å². The Balaban J connectivity index is 1.74. The molecular formula is C14H23N7OS. The second-order valence-corrected chi connectivity index (χ2v) is 6.73. The van der Waals surface area contributed by atoms with E-state index in [-0.39, 0.29) is 5.92 Å². The van der Waals surface area contributed by atoms with Gasteiger partial charge in [0.2, 0.25) is 5.13 Å². The number of ether oxygens (including phenoxy) is 1. The molecule has 0 fully saturated rings. The van der Waals surface area contributed by atoms with Crippen molar-refractivity contribution in [2.24, 2.45) is 0 Å². The fraction of sp³-hybridized carbons (Fsp3) is 0.714. The SMILES string of the molecule is CCn1nnc2c1C(COCCN(C)C)CN(c1nncs1)C2. The summed E-state index contributed by atoms with van der Waals surface area (Å²) in [6.07, 6.45) is 0. The molecular weight excluding hydrogens is 314 g/mol. The third kappa shape index (κ3) is 3.67. The lowest BCUT2D eigenvalue weighted by Gasteiger charge is -2.31. The van der Waals surface area contributed by atoms with E-state index in [0.29, 0.717) is 6.61 Å². The third-order valence-corrected chi connectivity index (χ3v) is 4.69. The minimum Gasteiger partial charge on any atom is -0.379 e. The Labute approximate surface area is 140 Å². The van der Waals surface area contributed by atoms with Crippen LogP contribution in [-0.2, 0) is 17.8 Å². The molecule has 0 aliphatic carbocycles. The molecule has 0 saturated carbocycles. The summed E-state index contributed by atoms with van der Waals surface area (Å²) in [5.41, 5.74) is 3.99. The molecule has 0 radical (unpaired) electrons. The Hall–Kier alpha value is -1.58. The maximum atomic E-state index is 5.91. The summed E-state index contributed by atoms with van der Waals surface area (Å²) >= 11 is 1.55. The molecule has 0 aromatic carbocycles. The molecule has 2 aromatic rings. The van der Waals surface area contributed by atoms with Crippen LogP contribution in [-0.4, -0.2) is 70.5 Å². The first kappa shape index (κ1) is 16.3. The van der Waals surface area contributed by atoms with Gasteiger partial charge in [0.25, 0.3) is 0 Å². The van der Waals surface area contributed by atoms with Gasteiger partial charge in [-0.3, -0.25) is 0 Å². The molecule has 3 rings (SSSR count). The summed E-state index contributed by atoms with van der Waals surface area (Å²) in [6, 6.07) is 0. The molecule has 3 heterocycles. The van der Waals surface area contributed by atoms with Gasteiger partial charge in [0, 0.05) is 25.6 Å². The van der Waals surface area contributed by atoms with Crippen LogP contribution < -0.4 is 4.90 Å². The molecule has 1 unspecified atom stereocenters. The first-order chi connectivity index (χ1) is 11.2.